The molecule has 6 nitrogen and oxygen atoms in total. The fourth-order valence-electron chi connectivity index (χ4n) is 4.32. The maximum absolute atomic E-state index is 12.6. The number of amides is 1. The molecule has 1 aliphatic heterocycles. The molecule has 0 unspecified atom stereocenters. The van der Waals surface area contributed by atoms with E-state index in [4.69, 9.17) is 9.47 Å². The number of carbonyl (C=O) groups excluding carboxylic acids is 1. The number of aryl methyl sites for hydroxylation is 2. The number of benzene rings is 1. The molecule has 2 aromatic rings. The van der Waals surface area contributed by atoms with Crippen LogP contribution in [0.1, 0.15) is 49.1 Å². The zero-order valence-electron chi connectivity index (χ0n) is 16.1. The van der Waals surface area contributed by atoms with Crippen LogP contribution in [0.2, 0.25) is 0 Å². The molecule has 0 radical (unpaired) electrons. The quantitative estimate of drug-likeness (QED) is 0.879. The summed E-state index contributed by atoms with van der Waals surface area (Å²) in [6.45, 7) is 5.10. The number of fused-ring (bicyclic) bond motifs is 1. The average Bonchev–Trinajstić information content (AvgIpc) is 3.26. The minimum absolute atomic E-state index is 0.00638. The lowest BCUT2D eigenvalue weighted by Crippen LogP contribution is -2.43. The second-order valence-corrected chi connectivity index (χ2v) is 7.77. The molecular weight excluding hydrogens is 342 g/mol. The fourth-order valence-corrected chi connectivity index (χ4v) is 4.32. The van der Waals surface area contributed by atoms with Crippen LogP contribution in [0.5, 0.6) is 11.5 Å². The van der Waals surface area contributed by atoms with Crippen molar-refractivity contribution >= 4 is 5.91 Å². The highest BCUT2D eigenvalue weighted by molar-refractivity contribution is 5.75. The number of nitrogens with zero attached hydrogens (tertiary/aromatic N) is 2. The van der Waals surface area contributed by atoms with Gasteiger partial charge in [0.2, 0.25) is 12.7 Å². The second-order valence-electron chi connectivity index (χ2n) is 7.77. The lowest BCUT2D eigenvalue weighted by Gasteiger charge is -2.38. The molecule has 1 aromatic heterocycles. The highest BCUT2D eigenvalue weighted by Gasteiger charge is 2.35. The summed E-state index contributed by atoms with van der Waals surface area (Å²) in [5.74, 6) is 1.62. The first-order valence-electron chi connectivity index (χ1n) is 9.74. The molecule has 1 fully saturated rings. The van der Waals surface area contributed by atoms with E-state index in [1.165, 1.54) is 24.8 Å². The standard InChI is InChI=1S/C21H27N3O3/c1-15-10-16(2)24(23-15)12-20(25)22-13-21(8-4-3-5-9-21)17-6-7-18-19(11-17)27-14-26-18/h6-7,10-11H,3-5,8-9,12-14H2,1-2H3,(H,22,25). The predicted octanol–water partition coefficient (Wildman–Crippen LogP) is 3.25. The van der Waals surface area contributed by atoms with Gasteiger partial charge in [0.15, 0.2) is 11.5 Å². The van der Waals surface area contributed by atoms with Crippen molar-refractivity contribution in [2.24, 2.45) is 0 Å². The zero-order valence-corrected chi connectivity index (χ0v) is 16.1. The number of rotatable bonds is 5. The van der Waals surface area contributed by atoms with Gasteiger partial charge in [0.25, 0.3) is 0 Å². The predicted molar refractivity (Wildman–Crippen MR) is 102 cm³/mol. The van der Waals surface area contributed by atoms with E-state index in [1.807, 2.05) is 26.0 Å². The molecule has 4 rings (SSSR count). The third-order valence-corrected chi connectivity index (χ3v) is 5.82. The molecule has 1 N–H and O–H groups in total. The molecule has 2 heterocycles. The van der Waals surface area contributed by atoms with Gasteiger partial charge in [-0.1, -0.05) is 25.3 Å². The van der Waals surface area contributed by atoms with Gasteiger partial charge >= 0.3 is 0 Å². The van der Waals surface area contributed by atoms with E-state index in [0.29, 0.717) is 6.54 Å². The van der Waals surface area contributed by atoms with E-state index in [0.717, 1.165) is 35.7 Å². The molecule has 6 heteroatoms. The number of aromatic nitrogens is 2. The van der Waals surface area contributed by atoms with E-state index >= 15 is 0 Å². The van der Waals surface area contributed by atoms with Gasteiger partial charge in [-0.05, 0) is 50.5 Å². The second kappa shape index (κ2) is 7.25. The first-order chi connectivity index (χ1) is 13.1. The first-order valence-corrected chi connectivity index (χ1v) is 9.74. The third-order valence-electron chi connectivity index (χ3n) is 5.82. The summed E-state index contributed by atoms with van der Waals surface area (Å²) in [6, 6.07) is 8.21. The van der Waals surface area contributed by atoms with Crippen molar-refractivity contribution in [3.8, 4) is 11.5 Å². The number of hydrogen-bond donors (Lipinski definition) is 1. The summed E-state index contributed by atoms with van der Waals surface area (Å²) in [5.41, 5.74) is 3.14. The minimum Gasteiger partial charge on any atom is -0.454 e. The number of nitrogens with one attached hydrogen (secondary N) is 1. The van der Waals surface area contributed by atoms with Crippen molar-refractivity contribution in [3.05, 3.63) is 41.2 Å². The van der Waals surface area contributed by atoms with E-state index in [2.05, 4.69) is 22.5 Å². The third kappa shape index (κ3) is 3.66. The summed E-state index contributed by atoms with van der Waals surface area (Å²) in [4.78, 5) is 12.6. The van der Waals surface area contributed by atoms with Crippen LogP contribution in [0.15, 0.2) is 24.3 Å². The smallest absolute Gasteiger partial charge is 0.241 e. The molecule has 2 aliphatic rings. The molecule has 0 saturated heterocycles. The lowest BCUT2D eigenvalue weighted by atomic mass is 9.69. The largest absolute Gasteiger partial charge is 0.454 e. The topological polar surface area (TPSA) is 65.4 Å². The van der Waals surface area contributed by atoms with E-state index in [-0.39, 0.29) is 24.7 Å². The highest BCUT2D eigenvalue weighted by atomic mass is 16.7. The Morgan fingerprint density at radius 1 is 1.15 bits per heavy atom. The van der Waals surface area contributed by atoms with E-state index in [9.17, 15) is 4.79 Å². The molecule has 144 valence electrons. The summed E-state index contributed by atoms with van der Waals surface area (Å²) in [6.07, 6.45) is 5.77. The Hall–Kier alpha value is -2.50. The van der Waals surface area contributed by atoms with Crippen LogP contribution in [0.3, 0.4) is 0 Å². The van der Waals surface area contributed by atoms with Crippen LogP contribution in [-0.2, 0) is 16.8 Å². The highest BCUT2D eigenvalue weighted by Crippen LogP contribution is 2.43. The molecule has 1 amide bonds. The molecule has 1 saturated carbocycles. The average molecular weight is 369 g/mol. The van der Waals surface area contributed by atoms with Crippen molar-refractivity contribution in [1.29, 1.82) is 0 Å². The van der Waals surface area contributed by atoms with Gasteiger partial charge in [-0.25, -0.2) is 0 Å². The Labute approximate surface area is 159 Å². The Morgan fingerprint density at radius 3 is 2.67 bits per heavy atom. The maximum atomic E-state index is 12.6. The Balaban J connectivity index is 1.49. The van der Waals surface area contributed by atoms with Gasteiger partial charge in [0.05, 0.1) is 5.69 Å². The van der Waals surface area contributed by atoms with Crippen molar-refractivity contribution in [2.45, 2.75) is 57.9 Å². The van der Waals surface area contributed by atoms with Gasteiger partial charge in [0.1, 0.15) is 6.54 Å². The normalized spacial score (nSPS) is 17.7. The molecule has 1 aliphatic carbocycles. The van der Waals surface area contributed by atoms with E-state index < -0.39 is 0 Å². The van der Waals surface area contributed by atoms with Crippen LogP contribution < -0.4 is 14.8 Å². The first kappa shape index (κ1) is 17.9. The summed E-state index contributed by atoms with van der Waals surface area (Å²) >= 11 is 0. The molecular formula is C21H27N3O3. The summed E-state index contributed by atoms with van der Waals surface area (Å²) < 4.78 is 12.8. The Kier molecular flexibility index (Phi) is 4.81. The van der Waals surface area contributed by atoms with E-state index in [1.54, 1.807) is 4.68 Å². The molecule has 0 spiro atoms. The van der Waals surface area contributed by atoms with Crippen LogP contribution in [0, 0.1) is 13.8 Å². The monoisotopic (exact) mass is 369 g/mol. The van der Waals surface area contributed by atoms with Crippen LogP contribution in [0.25, 0.3) is 0 Å². The molecule has 27 heavy (non-hydrogen) atoms. The van der Waals surface area contributed by atoms with Gasteiger partial charge in [0, 0.05) is 17.7 Å². The molecule has 1 aromatic carbocycles. The van der Waals surface area contributed by atoms with Gasteiger partial charge in [-0.2, -0.15) is 5.10 Å². The number of ether oxygens (including phenoxy) is 2. The Bertz CT molecular complexity index is 837. The SMILES string of the molecule is Cc1cc(C)n(CC(=O)NCC2(c3ccc4c(c3)OCO4)CCCCC2)n1. The van der Waals surface area contributed by atoms with Gasteiger partial charge < -0.3 is 14.8 Å². The Morgan fingerprint density at radius 2 is 1.93 bits per heavy atom. The van der Waals surface area contributed by atoms with Crippen LogP contribution in [-0.4, -0.2) is 29.0 Å². The minimum atomic E-state index is -0.0377. The van der Waals surface area contributed by atoms with Crippen molar-refractivity contribution in [3.63, 3.8) is 0 Å². The van der Waals surface area contributed by atoms with Crippen molar-refractivity contribution < 1.29 is 14.3 Å². The van der Waals surface area contributed by atoms with Gasteiger partial charge in [-0.3, -0.25) is 9.48 Å². The summed E-state index contributed by atoms with van der Waals surface area (Å²) in [5, 5.41) is 7.56. The van der Waals surface area contributed by atoms with Crippen molar-refractivity contribution in [2.75, 3.05) is 13.3 Å². The molecule has 0 bridgehead atoms. The van der Waals surface area contributed by atoms with Gasteiger partial charge in [-0.15, -0.1) is 0 Å². The van der Waals surface area contributed by atoms with Crippen LogP contribution >= 0.6 is 0 Å². The number of hydrogen-bond acceptors (Lipinski definition) is 4. The lowest BCUT2D eigenvalue weighted by molar-refractivity contribution is -0.122. The maximum Gasteiger partial charge on any atom is 0.241 e. The van der Waals surface area contributed by atoms with Crippen LogP contribution in [0.4, 0.5) is 0 Å². The fraction of sp³-hybridized carbons (Fsp3) is 0.524. The van der Waals surface area contributed by atoms with Crippen molar-refractivity contribution in [1.82, 2.24) is 15.1 Å². The number of carbonyl (C=O) groups is 1. The zero-order chi connectivity index (χ0) is 18.9. The summed E-state index contributed by atoms with van der Waals surface area (Å²) in [7, 11) is 0. The molecule has 0 atom stereocenters.